The Kier molecular flexibility index (Phi) is 3.35. The smallest absolute Gasteiger partial charge is 0.334 e. The van der Waals surface area contributed by atoms with Gasteiger partial charge in [0.2, 0.25) is 0 Å². The van der Waals surface area contributed by atoms with Crippen LogP contribution in [0.3, 0.4) is 0 Å². The lowest BCUT2D eigenvalue weighted by molar-refractivity contribution is -0.431. The molecule has 0 aliphatic carbocycles. The topological polar surface area (TPSA) is 97.4 Å². The van der Waals surface area contributed by atoms with E-state index in [0.29, 0.717) is 17.1 Å². The third-order valence-electron chi connectivity index (χ3n) is 3.43. The number of rotatable bonds is 3. The first-order valence-corrected chi connectivity index (χ1v) is 6.02. The first-order chi connectivity index (χ1) is 9.34. The summed E-state index contributed by atoms with van der Waals surface area (Å²) in [4.78, 5) is 22.3. The largest absolute Gasteiger partial charge is 0.478 e. The molecule has 0 bridgehead atoms. The second-order valence-electron chi connectivity index (χ2n) is 4.71. The summed E-state index contributed by atoms with van der Waals surface area (Å²) in [6.07, 6.45) is 1.74. The molecule has 1 aromatic heterocycles. The summed E-state index contributed by atoms with van der Waals surface area (Å²) in [5.74, 6) is -2.04. The number of aromatic nitrogens is 1. The summed E-state index contributed by atoms with van der Waals surface area (Å²) in [5.41, 5.74) is 1.24. The molecule has 2 heterocycles. The zero-order valence-corrected chi connectivity index (χ0v) is 11.4. The molecule has 0 fully saturated rings. The van der Waals surface area contributed by atoms with Crippen molar-refractivity contribution in [1.82, 2.24) is 9.88 Å². The van der Waals surface area contributed by atoms with Crippen molar-refractivity contribution in [3.05, 3.63) is 56.8 Å². The molecule has 0 spiro atoms. The lowest BCUT2D eigenvalue weighted by atomic mass is 9.87. The third kappa shape index (κ3) is 2.07. The molecule has 0 aromatic carbocycles. The Balaban J connectivity index is 2.71. The van der Waals surface area contributed by atoms with E-state index in [9.17, 15) is 20.0 Å². The molecule has 2 N–H and O–H groups in total. The maximum absolute atomic E-state index is 11.5. The summed E-state index contributed by atoms with van der Waals surface area (Å²) in [7, 11) is 1.74. The number of allylic oxidation sites excluding steroid dienone is 3. The summed E-state index contributed by atoms with van der Waals surface area (Å²) >= 11 is 0. The maximum atomic E-state index is 11.5. The second kappa shape index (κ2) is 4.84. The van der Waals surface area contributed by atoms with Crippen LogP contribution in [0.1, 0.15) is 25.5 Å². The Morgan fingerprint density at radius 1 is 1.45 bits per heavy atom. The number of aliphatic carboxylic acids is 1. The number of carboxylic acids is 1. The van der Waals surface area contributed by atoms with E-state index in [-0.39, 0.29) is 11.3 Å². The number of hydrogen-bond acceptors (Lipinski definition) is 4. The summed E-state index contributed by atoms with van der Waals surface area (Å²) in [6, 6.07) is 3.43. The van der Waals surface area contributed by atoms with Crippen LogP contribution in [0, 0.1) is 10.1 Å². The van der Waals surface area contributed by atoms with Crippen LogP contribution in [-0.4, -0.2) is 20.6 Å². The van der Waals surface area contributed by atoms with E-state index in [1.54, 1.807) is 43.8 Å². The zero-order valence-electron chi connectivity index (χ0n) is 11.4. The van der Waals surface area contributed by atoms with E-state index in [1.807, 2.05) is 0 Å². The highest BCUT2D eigenvalue weighted by atomic mass is 16.6. The number of dihydropyridines is 1. The van der Waals surface area contributed by atoms with Crippen LogP contribution in [0.4, 0.5) is 0 Å². The molecule has 0 amide bonds. The van der Waals surface area contributed by atoms with Gasteiger partial charge < -0.3 is 15.0 Å². The van der Waals surface area contributed by atoms with Gasteiger partial charge in [-0.25, -0.2) is 4.79 Å². The molecule has 7 heteroatoms. The molecular weight excluding hydrogens is 262 g/mol. The van der Waals surface area contributed by atoms with Crippen molar-refractivity contribution in [2.75, 3.05) is 0 Å². The highest BCUT2D eigenvalue weighted by Gasteiger charge is 2.41. The van der Waals surface area contributed by atoms with Crippen molar-refractivity contribution in [3.8, 4) is 0 Å². The molecule has 0 saturated heterocycles. The fourth-order valence-electron chi connectivity index (χ4n) is 2.57. The molecule has 0 saturated carbocycles. The highest BCUT2D eigenvalue weighted by Crippen LogP contribution is 2.38. The first kappa shape index (κ1) is 13.9. The van der Waals surface area contributed by atoms with Crippen molar-refractivity contribution in [2.45, 2.75) is 19.8 Å². The minimum absolute atomic E-state index is 0.00380. The average molecular weight is 277 g/mol. The van der Waals surface area contributed by atoms with Crippen molar-refractivity contribution in [1.29, 1.82) is 0 Å². The fraction of sp³-hybridized carbons (Fsp3) is 0.308. The van der Waals surface area contributed by atoms with Crippen molar-refractivity contribution in [2.24, 2.45) is 7.05 Å². The third-order valence-corrected chi connectivity index (χ3v) is 3.43. The summed E-state index contributed by atoms with van der Waals surface area (Å²) < 4.78 is 1.70. The molecule has 1 aliphatic rings. The Morgan fingerprint density at radius 2 is 2.10 bits per heavy atom. The van der Waals surface area contributed by atoms with Crippen LogP contribution in [0.5, 0.6) is 0 Å². The van der Waals surface area contributed by atoms with Gasteiger partial charge in [0, 0.05) is 24.6 Å². The molecule has 1 aromatic rings. The number of hydrogen-bond donors (Lipinski definition) is 2. The number of carboxylic acid groups (broad SMARTS) is 1. The highest BCUT2D eigenvalue weighted by molar-refractivity contribution is 5.90. The van der Waals surface area contributed by atoms with Gasteiger partial charge in [-0.3, -0.25) is 10.1 Å². The molecule has 0 radical (unpaired) electrons. The van der Waals surface area contributed by atoms with Gasteiger partial charge in [0.05, 0.1) is 16.2 Å². The van der Waals surface area contributed by atoms with Gasteiger partial charge in [-0.15, -0.1) is 0 Å². The zero-order chi connectivity index (χ0) is 15.0. The van der Waals surface area contributed by atoms with Gasteiger partial charge in [0.1, 0.15) is 5.92 Å². The summed E-state index contributed by atoms with van der Waals surface area (Å²) in [5, 5.41) is 23.5. The molecule has 2 rings (SSSR count). The van der Waals surface area contributed by atoms with Gasteiger partial charge in [-0.1, -0.05) is 0 Å². The number of nitrogens with one attached hydrogen (secondary N) is 1. The summed E-state index contributed by atoms with van der Waals surface area (Å²) in [6.45, 7) is 3.19. The van der Waals surface area contributed by atoms with Crippen molar-refractivity contribution in [3.63, 3.8) is 0 Å². The van der Waals surface area contributed by atoms with Crippen molar-refractivity contribution >= 4 is 5.97 Å². The van der Waals surface area contributed by atoms with E-state index in [0.717, 1.165) is 0 Å². The van der Waals surface area contributed by atoms with Gasteiger partial charge in [0.25, 0.3) is 5.70 Å². The van der Waals surface area contributed by atoms with E-state index in [2.05, 4.69) is 5.32 Å². The standard InChI is InChI=1S/C13H15N3O4/c1-7-10(13(17)18)11(9-5-4-6-15(9)3)12(16(19)20)8(2)14-7/h4-6,11,14H,1-3H3,(H,17,18). The average Bonchev–Trinajstić information content (AvgIpc) is 2.72. The van der Waals surface area contributed by atoms with Crippen molar-refractivity contribution < 1.29 is 14.8 Å². The normalized spacial score (nSPS) is 19.1. The van der Waals surface area contributed by atoms with E-state index < -0.39 is 16.8 Å². The van der Waals surface area contributed by atoms with Crippen LogP contribution in [-0.2, 0) is 11.8 Å². The molecule has 106 valence electrons. The molecule has 7 nitrogen and oxygen atoms in total. The minimum Gasteiger partial charge on any atom is -0.478 e. The van der Waals surface area contributed by atoms with E-state index in [4.69, 9.17) is 0 Å². The lowest BCUT2D eigenvalue weighted by Crippen LogP contribution is -2.31. The van der Waals surface area contributed by atoms with Crippen LogP contribution in [0.25, 0.3) is 0 Å². The van der Waals surface area contributed by atoms with Gasteiger partial charge >= 0.3 is 5.97 Å². The minimum atomic E-state index is -1.16. The van der Waals surface area contributed by atoms with Crippen LogP contribution < -0.4 is 5.32 Å². The van der Waals surface area contributed by atoms with Gasteiger partial charge in [0.15, 0.2) is 0 Å². The first-order valence-electron chi connectivity index (χ1n) is 6.02. The molecular formula is C13H15N3O4. The van der Waals surface area contributed by atoms with Gasteiger partial charge in [-0.05, 0) is 26.0 Å². The van der Waals surface area contributed by atoms with Crippen LogP contribution in [0.15, 0.2) is 41.0 Å². The molecule has 20 heavy (non-hydrogen) atoms. The Labute approximate surface area is 115 Å². The number of nitrogens with zero attached hydrogens (tertiary/aromatic N) is 2. The van der Waals surface area contributed by atoms with Crippen LogP contribution in [0.2, 0.25) is 0 Å². The number of aryl methyl sites for hydroxylation is 1. The molecule has 1 unspecified atom stereocenters. The quantitative estimate of drug-likeness (QED) is 0.645. The molecule has 1 aliphatic heterocycles. The number of nitro groups is 1. The van der Waals surface area contributed by atoms with Crippen LogP contribution >= 0.6 is 0 Å². The molecule has 1 atom stereocenters. The SMILES string of the molecule is CC1=C(C(=O)O)C(c2cccn2C)C([N+](=O)[O-])=C(C)N1. The lowest BCUT2D eigenvalue weighted by Gasteiger charge is -2.25. The second-order valence-corrected chi connectivity index (χ2v) is 4.71. The predicted octanol–water partition coefficient (Wildman–Crippen LogP) is 1.58. The van der Waals surface area contributed by atoms with Gasteiger partial charge in [-0.2, -0.15) is 0 Å². The Hall–Kier alpha value is -2.57. The monoisotopic (exact) mass is 277 g/mol. The predicted molar refractivity (Wildman–Crippen MR) is 71.3 cm³/mol. The number of carbonyl (C=O) groups is 1. The fourth-order valence-corrected chi connectivity index (χ4v) is 2.57. The maximum Gasteiger partial charge on any atom is 0.334 e. The Morgan fingerprint density at radius 3 is 2.55 bits per heavy atom. The Bertz CT molecular complexity index is 618. The van der Waals surface area contributed by atoms with E-state index in [1.165, 1.54) is 0 Å². The van der Waals surface area contributed by atoms with E-state index >= 15 is 0 Å².